The van der Waals surface area contributed by atoms with Crippen molar-refractivity contribution in [2.24, 2.45) is 0 Å². The van der Waals surface area contributed by atoms with E-state index in [9.17, 15) is 0 Å². The SMILES string of the molecule is C1=CC(C=Cc2nccc3cc(OCc4ccccc4)ccc23)=CCC1. The Kier molecular flexibility index (Phi) is 4.92. The number of hydrogen-bond acceptors (Lipinski definition) is 2. The van der Waals surface area contributed by atoms with Crippen LogP contribution in [0.4, 0.5) is 0 Å². The summed E-state index contributed by atoms with van der Waals surface area (Å²) in [5, 5.41) is 2.27. The summed E-state index contributed by atoms with van der Waals surface area (Å²) in [6.45, 7) is 0.574. The quantitative estimate of drug-likeness (QED) is 0.560. The summed E-state index contributed by atoms with van der Waals surface area (Å²) >= 11 is 0. The Bertz CT molecular complexity index is 984. The number of hydrogen-bond donors (Lipinski definition) is 0. The first-order valence-electron chi connectivity index (χ1n) is 8.99. The summed E-state index contributed by atoms with van der Waals surface area (Å²) in [6, 6.07) is 18.4. The van der Waals surface area contributed by atoms with Crippen molar-refractivity contribution >= 4 is 16.8 Å². The van der Waals surface area contributed by atoms with Crippen molar-refractivity contribution < 1.29 is 4.74 Å². The van der Waals surface area contributed by atoms with Crippen molar-refractivity contribution in [1.29, 1.82) is 0 Å². The molecule has 0 amide bonds. The number of ether oxygens (including phenoxy) is 1. The lowest BCUT2D eigenvalue weighted by Crippen LogP contribution is -1.95. The van der Waals surface area contributed by atoms with E-state index in [0.717, 1.165) is 35.1 Å². The maximum atomic E-state index is 5.94. The van der Waals surface area contributed by atoms with Gasteiger partial charge in [-0.05, 0) is 59.7 Å². The highest BCUT2D eigenvalue weighted by Gasteiger charge is 2.03. The molecule has 128 valence electrons. The van der Waals surface area contributed by atoms with Gasteiger partial charge in [0.2, 0.25) is 0 Å². The second kappa shape index (κ2) is 7.83. The molecule has 4 rings (SSSR count). The smallest absolute Gasteiger partial charge is 0.120 e. The number of fused-ring (bicyclic) bond motifs is 1. The normalized spacial score (nSPS) is 13.9. The first-order valence-corrected chi connectivity index (χ1v) is 8.99. The van der Waals surface area contributed by atoms with Crippen LogP contribution < -0.4 is 4.74 Å². The van der Waals surface area contributed by atoms with E-state index in [1.165, 1.54) is 11.1 Å². The average Bonchev–Trinajstić information content (AvgIpc) is 2.72. The molecule has 1 aromatic heterocycles. The molecule has 0 N–H and O–H groups in total. The van der Waals surface area contributed by atoms with Crippen molar-refractivity contribution in [2.45, 2.75) is 19.4 Å². The van der Waals surface area contributed by atoms with E-state index in [4.69, 9.17) is 4.74 Å². The van der Waals surface area contributed by atoms with E-state index in [1.54, 1.807) is 0 Å². The van der Waals surface area contributed by atoms with E-state index < -0.39 is 0 Å². The zero-order chi connectivity index (χ0) is 17.6. The Morgan fingerprint density at radius 1 is 0.962 bits per heavy atom. The Morgan fingerprint density at radius 2 is 1.88 bits per heavy atom. The molecule has 2 heteroatoms. The Labute approximate surface area is 154 Å². The monoisotopic (exact) mass is 339 g/mol. The standard InChI is InChI=1S/C24H21NO/c1-3-7-19(8-4-1)11-14-24-23-13-12-22(17-21(23)15-16-25-24)26-18-20-9-5-2-6-10-20/h2-3,5-17H,1,4,18H2. The minimum Gasteiger partial charge on any atom is -0.489 e. The fraction of sp³-hybridized carbons (Fsp3) is 0.125. The fourth-order valence-corrected chi connectivity index (χ4v) is 3.08. The maximum Gasteiger partial charge on any atom is 0.120 e. The number of rotatable bonds is 5. The molecule has 0 saturated carbocycles. The second-order valence-corrected chi connectivity index (χ2v) is 6.37. The summed E-state index contributed by atoms with van der Waals surface area (Å²) in [7, 11) is 0. The van der Waals surface area contributed by atoms with Gasteiger partial charge in [-0.3, -0.25) is 4.98 Å². The van der Waals surface area contributed by atoms with Gasteiger partial charge in [-0.15, -0.1) is 0 Å². The number of allylic oxidation sites excluding steroid dienone is 5. The van der Waals surface area contributed by atoms with Crippen molar-refractivity contribution in [2.75, 3.05) is 0 Å². The van der Waals surface area contributed by atoms with Gasteiger partial charge in [-0.25, -0.2) is 0 Å². The molecule has 2 aromatic carbocycles. The Balaban J connectivity index is 1.54. The Hall–Kier alpha value is -3.13. The largest absolute Gasteiger partial charge is 0.489 e. The van der Waals surface area contributed by atoms with Crippen molar-refractivity contribution in [1.82, 2.24) is 4.98 Å². The van der Waals surface area contributed by atoms with E-state index in [-0.39, 0.29) is 0 Å². The lowest BCUT2D eigenvalue weighted by Gasteiger charge is -2.08. The highest BCUT2D eigenvalue weighted by molar-refractivity contribution is 5.90. The molecule has 1 aliphatic carbocycles. The van der Waals surface area contributed by atoms with E-state index in [2.05, 4.69) is 59.6 Å². The minimum atomic E-state index is 0.574. The highest BCUT2D eigenvalue weighted by atomic mass is 16.5. The van der Waals surface area contributed by atoms with E-state index in [0.29, 0.717) is 6.61 Å². The molecule has 0 unspecified atom stereocenters. The highest BCUT2D eigenvalue weighted by Crippen LogP contribution is 2.24. The molecular formula is C24H21NO. The predicted octanol–water partition coefficient (Wildman–Crippen LogP) is 6.10. The summed E-state index contributed by atoms with van der Waals surface area (Å²) in [5.74, 6) is 0.875. The lowest BCUT2D eigenvalue weighted by molar-refractivity contribution is 0.306. The van der Waals surface area contributed by atoms with Gasteiger partial charge in [0.1, 0.15) is 12.4 Å². The molecule has 2 nitrogen and oxygen atoms in total. The van der Waals surface area contributed by atoms with Crippen LogP contribution in [0.1, 0.15) is 24.1 Å². The molecule has 0 bridgehead atoms. The first-order chi connectivity index (χ1) is 12.9. The molecule has 0 fully saturated rings. The van der Waals surface area contributed by atoms with Gasteiger partial charge < -0.3 is 4.74 Å². The Morgan fingerprint density at radius 3 is 2.73 bits per heavy atom. The summed E-state index contributed by atoms with van der Waals surface area (Å²) in [5.41, 5.74) is 3.40. The molecule has 26 heavy (non-hydrogen) atoms. The van der Waals surface area contributed by atoms with Crippen LogP contribution >= 0.6 is 0 Å². The van der Waals surface area contributed by atoms with Crippen LogP contribution in [0.2, 0.25) is 0 Å². The molecule has 0 atom stereocenters. The third kappa shape index (κ3) is 3.92. The van der Waals surface area contributed by atoms with Crippen LogP contribution in [0.5, 0.6) is 5.75 Å². The van der Waals surface area contributed by atoms with Crippen LogP contribution in [-0.4, -0.2) is 4.98 Å². The van der Waals surface area contributed by atoms with Crippen LogP contribution in [-0.2, 0) is 6.61 Å². The van der Waals surface area contributed by atoms with Crippen molar-refractivity contribution in [3.8, 4) is 5.75 Å². The first kappa shape index (κ1) is 16.3. The van der Waals surface area contributed by atoms with Gasteiger partial charge in [0.25, 0.3) is 0 Å². The number of nitrogens with zero attached hydrogens (tertiary/aromatic N) is 1. The van der Waals surface area contributed by atoms with E-state index >= 15 is 0 Å². The molecule has 0 saturated heterocycles. The minimum absolute atomic E-state index is 0.574. The molecule has 0 radical (unpaired) electrons. The third-order valence-electron chi connectivity index (χ3n) is 4.47. The van der Waals surface area contributed by atoms with Gasteiger partial charge in [-0.2, -0.15) is 0 Å². The topological polar surface area (TPSA) is 22.1 Å². The zero-order valence-corrected chi connectivity index (χ0v) is 14.6. The van der Waals surface area contributed by atoms with Gasteiger partial charge in [0, 0.05) is 11.6 Å². The van der Waals surface area contributed by atoms with Crippen molar-refractivity contribution in [3.63, 3.8) is 0 Å². The summed E-state index contributed by atoms with van der Waals surface area (Å²) in [4.78, 5) is 4.54. The van der Waals surface area contributed by atoms with Gasteiger partial charge in [0.15, 0.2) is 0 Å². The average molecular weight is 339 g/mol. The molecule has 0 aliphatic heterocycles. The van der Waals surface area contributed by atoms with Gasteiger partial charge in [-0.1, -0.05) is 54.6 Å². The van der Waals surface area contributed by atoms with Gasteiger partial charge >= 0.3 is 0 Å². The third-order valence-corrected chi connectivity index (χ3v) is 4.47. The molecule has 1 heterocycles. The lowest BCUT2D eigenvalue weighted by atomic mass is 10.0. The second-order valence-electron chi connectivity index (χ2n) is 6.37. The van der Waals surface area contributed by atoms with E-state index in [1.807, 2.05) is 36.5 Å². The van der Waals surface area contributed by atoms with Crippen LogP contribution in [0.15, 0.2) is 90.7 Å². The van der Waals surface area contributed by atoms with Crippen LogP contribution in [0.25, 0.3) is 16.8 Å². The molecular weight excluding hydrogens is 318 g/mol. The summed E-state index contributed by atoms with van der Waals surface area (Å²) in [6.07, 6.45) is 15.0. The fourth-order valence-electron chi connectivity index (χ4n) is 3.08. The van der Waals surface area contributed by atoms with Crippen LogP contribution in [0.3, 0.4) is 0 Å². The molecule has 1 aliphatic rings. The number of benzene rings is 2. The maximum absolute atomic E-state index is 5.94. The molecule has 0 spiro atoms. The zero-order valence-electron chi connectivity index (χ0n) is 14.6. The molecule has 3 aromatic rings. The van der Waals surface area contributed by atoms with Crippen LogP contribution in [0, 0.1) is 0 Å². The predicted molar refractivity (Wildman–Crippen MR) is 108 cm³/mol. The van der Waals surface area contributed by atoms with Crippen molar-refractivity contribution in [3.05, 3.63) is 102 Å². The van der Waals surface area contributed by atoms with Gasteiger partial charge in [0.05, 0.1) is 5.69 Å². The number of aromatic nitrogens is 1. The summed E-state index contributed by atoms with van der Waals surface area (Å²) < 4.78 is 5.94. The number of pyridine rings is 1.